The molecule has 1 fully saturated rings. The number of aromatic nitrogens is 3. The Kier molecular flexibility index (Phi) is 5.03. The first-order chi connectivity index (χ1) is 11.9. The van der Waals surface area contributed by atoms with Crippen LogP contribution in [0.5, 0.6) is 0 Å². The zero-order chi connectivity index (χ0) is 17.9. The molecule has 2 amide bonds. The first-order valence-corrected chi connectivity index (χ1v) is 8.66. The molecule has 0 aliphatic carbocycles. The molecule has 0 saturated carbocycles. The lowest BCUT2D eigenvalue weighted by Gasteiger charge is -2.33. The number of amides is 2. The summed E-state index contributed by atoms with van der Waals surface area (Å²) in [7, 11) is 0. The summed E-state index contributed by atoms with van der Waals surface area (Å²) < 4.78 is 1.81. The SMILES string of the molecule is CC(C)(O)C1CCCN1C(=O)Nc1ccn(CCc2ccncc2)n1. The van der Waals surface area contributed by atoms with Gasteiger partial charge in [-0.15, -0.1) is 0 Å². The van der Waals surface area contributed by atoms with Crippen LogP contribution in [0.15, 0.2) is 36.8 Å². The summed E-state index contributed by atoms with van der Waals surface area (Å²) in [6.45, 7) is 4.88. The molecule has 1 atom stereocenters. The lowest BCUT2D eigenvalue weighted by Crippen LogP contribution is -2.49. The van der Waals surface area contributed by atoms with Crippen molar-refractivity contribution in [1.29, 1.82) is 0 Å². The third kappa shape index (κ3) is 4.36. The van der Waals surface area contributed by atoms with Crippen LogP contribution in [0.25, 0.3) is 0 Å². The van der Waals surface area contributed by atoms with Crippen LogP contribution in [0.3, 0.4) is 0 Å². The molecule has 25 heavy (non-hydrogen) atoms. The van der Waals surface area contributed by atoms with Crippen molar-refractivity contribution in [3.63, 3.8) is 0 Å². The van der Waals surface area contributed by atoms with E-state index in [0.29, 0.717) is 12.4 Å². The standard InChI is InChI=1S/C18H25N5O2/c1-18(2,25)15-4-3-11-23(15)17(24)20-16-8-13-22(21-16)12-7-14-5-9-19-10-6-14/h5-6,8-10,13,15,25H,3-4,7,11-12H2,1-2H3,(H,20,21,24). The minimum atomic E-state index is -0.905. The first-order valence-electron chi connectivity index (χ1n) is 8.66. The van der Waals surface area contributed by atoms with Crippen molar-refractivity contribution in [2.24, 2.45) is 0 Å². The molecule has 0 aromatic carbocycles. The van der Waals surface area contributed by atoms with Crippen molar-refractivity contribution in [2.75, 3.05) is 11.9 Å². The second-order valence-electron chi connectivity index (χ2n) is 7.00. The Morgan fingerprint density at radius 1 is 1.36 bits per heavy atom. The van der Waals surface area contributed by atoms with Crippen LogP contribution in [0.4, 0.5) is 10.6 Å². The van der Waals surface area contributed by atoms with E-state index in [4.69, 9.17) is 0 Å². The maximum absolute atomic E-state index is 12.5. The molecule has 2 aromatic rings. The number of likely N-dealkylation sites (tertiary alicyclic amines) is 1. The molecule has 7 nitrogen and oxygen atoms in total. The maximum atomic E-state index is 12.5. The third-order valence-corrected chi connectivity index (χ3v) is 4.58. The first kappa shape index (κ1) is 17.4. The van der Waals surface area contributed by atoms with Crippen LogP contribution < -0.4 is 5.32 Å². The molecular formula is C18H25N5O2. The topological polar surface area (TPSA) is 83.3 Å². The van der Waals surface area contributed by atoms with Gasteiger partial charge in [0.25, 0.3) is 0 Å². The van der Waals surface area contributed by atoms with E-state index in [-0.39, 0.29) is 12.1 Å². The molecule has 0 spiro atoms. The Bertz CT molecular complexity index is 708. The number of aryl methyl sites for hydroxylation is 2. The van der Waals surface area contributed by atoms with Gasteiger partial charge in [-0.25, -0.2) is 4.79 Å². The molecule has 2 N–H and O–H groups in total. The number of nitrogens with zero attached hydrogens (tertiary/aromatic N) is 4. The van der Waals surface area contributed by atoms with Crippen LogP contribution in [-0.2, 0) is 13.0 Å². The highest BCUT2D eigenvalue weighted by molar-refractivity contribution is 5.88. The van der Waals surface area contributed by atoms with E-state index in [2.05, 4.69) is 15.4 Å². The molecule has 0 bridgehead atoms. The third-order valence-electron chi connectivity index (χ3n) is 4.58. The van der Waals surface area contributed by atoms with Gasteiger partial charge < -0.3 is 10.0 Å². The van der Waals surface area contributed by atoms with Crippen molar-refractivity contribution in [3.05, 3.63) is 42.4 Å². The number of aliphatic hydroxyl groups is 1. The van der Waals surface area contributed by atoms with Gasteiger partial charge in [0.15, 0.2) is 5.82 Å². The van der Waals surface area contributed by atoms with Crippen LogP contribution >= 0.6 is 0 Å². The smallest absolute Gasteiger partial charge is 0.323 e. The Labute approximate surface area is 147 Å². The molecule has 3 rings (SSSR count). The zero-order valence-electron chi connectivity index (χ0n) is 14.7. The molecule has 1 aliphatic rings. The van der Waals surface area contributed by atoms with Gasteiger partial charge in [0.05, 0.1) is 11.6 Å². The summed E-state index contributed by atoms with van der Waals surface area (Å²) in [6, 6.07) is 5.39. The molecule has 2 aromatic heterocycles. The highest BCUT2D eigenvalue weighted by Gasteiger charge is 2.38. The molecule has 1 saturated heterocycles. The van der Waals surface area contributed by atoms with E-state index in [0.717, 1.165) is 25.8 Å². The summed E-state index contributed by atoms with van der Waals surface area (Å²) in [5.74, 6) is 0.529. The number of urea groups is 1. The summed E-state index contributed by atoms with van der Waals surface area (Å²) in [5, 5.41) is 17.5. The number of rotatable bonds is 5. The Balaban J connectivity index is 1.56. The van der Waals surface area contributed by atoms with Crippen molar-refractivity contribution in [3.8, 4) is 0 Å². The highest BCUT2D eigenvalue weighted by Crippen LogP contribution is 2.27. The summed E-state index contributed by atoms with van der Waals surface area (Å²) >= 11 is 0. The summed E-state index contributed by atoms with van der Waals surface area (Å²) in [6.07, 6.45) is 7.98. The Morgan fingerprint density at radius 2 is 2.12 bits per heavy atom. The molecule has 1 unspecified atom stereocenters. The minimum absolute atomic E-state index is 0.165. The van der Waals surface area contributed by atoms with Crippen LogP contribution in [0.2, 0.25) is 0 Å². The fourth-order valence-corrected chi connectivity index (χ4v) is 3.27. The molecule has 0 radical (unpaired) electrons. The van der Waals surface area contributed by atoms with E-state index in [1.165, 1.54) is 5.56 Å². The van der Waals surface area contributed by atoms with Crippen molar-refractivity contribution in [1.82, 2.24) is 19.7 Å². The average molecular weight is 343 g/mol. The van der Waals surface area contributed by atoms with Crippen molar-refractivity contribution < 1.29 is 9.90 Å². The van der Waals surface area contributed by atoms with E-state index in [1.807, 2.05) is 23.0 Å². The lowest BCUT2D eigenvalue weighted by atomic mass is 9.97. The number of hydrogen-bond acceptors (Lipinski definition) is 4. The summed E-state index contributed by atoms with van der Waals surface area (Å²) in [5.41, 5.74) is 0.291. The molecule has 134 valence electrons. The number of hydrogen-bond donors (Lipinski definition) is 2. The van der Waals surface area contributed by atoms with Gasteiger partial charge in [0.2, 0.25) is 0 Å². The van der Waals surface area contributed by atoms with Gasteiger partial charge >= 0.3 is 6.03 Å². The van der Waals surface area contributed by atoms with E-state index in [1.54, 1.807) is 37.2 Å². The average Bonchev–Trinajstić information content (AvgIpc) is 3.23. The fourth-order valence-electron chi connectivity index (χ4n) is 3.27. The monoisotopic (exact) mass is 343 g/mol. The maximum Gasteiger partial charge on any atom is 0.323 e. The predicted molar refractivity (Wildman–Crippen MR) is 95.2 cm³/mol. The molecular weight excluding hydrogens is 318 g/mol. The van der Waals surface area contributed by atoms with Gasteiger partial charge in [-0.2, -0.15) is 5.10 Å². The largest absolute Gasteiger partial charge is 0.388 e. The Hall–Kier alpha value is -2.41. The van der Waals surface area contributed by atoms with Gasteiger partial charge in [-0.05, 0) is 50.8 Å². The van der Waals surface area contributed by atoms with Crippen LogP contribution in [-0.4, -0.2) is 49.0 Å². The number of nitrogens with one attached hydrogen (secondary N) is 1. The van der Waals surface area contributed by atoms with Gasteiger partial charge in [0, 0.05) is 37.7 Å². The quantitative estimate of drug-likeness (QED) is 0.872. The number of carbonyl (C=O) groups is 1. The number of pyridine rings is 1. The van der Waals surface area contributed by atoms with Crippen LogP contribution in [0, 0.1) is 0 Å². The van der Waals surface area contributed by atoms with E-state index < -0.39 is 5.60 Å². The molecule has 7 heteroatoms. The second-order valence-corrected chi connectivity index (χ2v) is 7.00. The summed E-state index contributed by atoms with van der Waals surface area (Å²) in [4.78, 5) is 18.2. The fraction of sp³-hybridized carbons (Fsp3) is 0.500. The molecule has 3 heterocycles. The van der Waals surface area contributed by atoms with Crippen LogP contribution in [0.1, 0.15) is 32.3 Å². The van der Waals surface area contributed by atoms with Crippen molar-refractivity contribution in [2.45, 2.75) is 51.3 Å². The normalized spacial score (nSPS) is 17.7. The van der Waals surface area contributed by atoms with Gasteiger partial charge in [-0.3, -0.25) is 15.0 Å². The van der Waals surface area contributed by atoms with Gasteiger partial charge in [0.1, 0.15) is 0 Å². The number of carbonyl (C=O) groups excluding carboxylic acids is 1. The Morgan fingerprint density at radius 3 is 2.84 bits per heavy atom. The van der Waals surface area contributed by atoms with E-state index in [9.17, 15) is 9.90 Å². The highest BCUT2D eigenvalue weighted by atomic mass is 16.3. The zero-order valence-corrected chi connectivity index (χ0v) is 14.7. The predicted octanol–water partition coefficient (Wildman–Crippen LogP) is 2.29. The second kappa shape index (κ2) is 7.23. The number of anilines is 1. The van der Waals surface area contributed by atoms with Gasteiger partial charge in [-0.1, -0.05) is 0 Å². The lowest BCUT2D eigenvalue weighted by molar-refractivity contribution is 0.0117. The van der Waals surface area contributed by atoms with Crippen molar-refractivity contribution >= 4 is 11.8 Å². The van der Waals surface area contributed by atoms with E-state index >= 15 is 0 Å². The molecule has 1 aliphatic heterocycles. The minimum Gasteiger partial charge on any atom is -0.388 e.